The minimum absolute atomic E-state index is 0.143. The van der Waals surface area contributed by atoms with Gasteiger partial charge in [-0.15, -0.1) is 0 Å². The smallest absolute Gasteiger partial charge is 0.295 e. The van der Waals surface area contributed by atoms with Crippen molar-refractivity contribution in [1.29, 1.82) is 0 Å². The molecule has 0 saturated heterocycles. The first kappa shape index (κ1) is 20.7. The second kappa shape index (κ2) is 7.29. The van der Waals surface area contributed by atoms with Crippen LogP contribution in [0, 0.1) is 6.92 Å². The van der Waals surface area contributed by atoms with Gasteiger partial charge in [0.1, 0.15) is 11.2 Å². The Morgan fingerprint density at radius 2 is 1.62 bits per heavy atom. The van der Waals surface area contributed by atoms with Crippen LogP contribution in [0.1, 0.15) is 32.2 Å². The average Bonchev–Trinajstić information content (AvgIpc) is 3.37. The molecule has 0 bridgehead atoms. The Kier molecular flexibility index (Phi) is 4.43. The minimum atomic E-state index is -0.143. The predicted molar refractivity (Wildman–Crippen MR) is 138 cm³/mol. The number of rotatable bonds is 2. The van der Waals surface area contributed by atoms with E-state index >= 15 is 0 Å². The quantitative estimate of drug-likeness (QED) is 0.268. The first-order valence-corrected chi connectivity index (χ1v) is 11.7. The largest absolute Gasteiger partial charge is 0.440 e. The normalized spacial score (nSPS) is 12.3. The molecule has 4 nitrogen and oxygen atoms in total. The molecule has 168 valence electrons. The van der Waals surface area contributed by atoms with Gasteiger partial charge in [-0.25, -0.2) is 9.55 Å². The zero-order valence-corrected chi connectivity index (χ0v) is 20.3. The lowest BCUT2D eigenvalue weighted by Gasteiger charge is -2.11. The van der Waals surface area contributed by atoms with Crippen molar-refractivity contribution in [2.75, 3.05) is 0 Å². The van der Waals surface area contributed by atoms with Gasteiger partial charge in [0, 0.05) is 10.8 Å². The van der Waals surface area contributed by atoms with Gasteiger partial charge in [-0.1, -0.05) is 69.3 Å². The van der Waals surface area contributed by atoms with E-state index in [1.807, 2.05) is 0 Å². The molecule has 6 rings (SSSR count). The van der Waals surface area contributed by atoms with Crippen molar-refractivity contribution in [2.24, 2.45) is 7.05 Å². The van der Waals surface area contributed by atoms with Crippen molar-refractivity contribution in [3.8, 4) is 17.1 Å². The van der Waals surface area contributed by atoms with E-state index in [0.29, 0.717) is 0 Å². The van der Waals surface area contributed by atoms with Crippen LogP contribution >= 0.6 is 0 Å². The van der Waals surface area contributed by atoms with E-state index in [-0.39, 0.29) is 5.41 Å². The third-order valence-corrected chi connectivity index (χ3v) is 6.64. The lowest BCUT2D eigenvalue weighted by molar-refractivity contribution is -0.633. The van der Waals surface area contributed by atoms with Crippen LogP contribution in [0.5, 0.6) is 0 Å². The summed E-state index contributed by atoms with van der Waals surface area (Å²) < 4.78 is 10.9. The maximum atomic E-state index is 6.25. The highest BCUT2D eigenvalue weighted by atomic mass is 16.3. The molecule has 0 unspecified atom stereocenters. The van der Waals surface area contributed by atoms with Crippen LogP contribution in [-0.4, -0.2) is 9.55 Å². The molecule has 2 heterocycles. The molecule has 0 atom stereocenters. The van der Waals surface area contributed by atoms with E-state index in [4.69, 9.17) is 9.40 Å². The van der Waals surface area contributed by atoms with Crippen molar-refractivity contribution in [3.05, 3.63) is 90.3 Å². The summed E-state index contributed by atoms with van der Waals surface area (Å²) in [6.45, 7) is 8.54. The first-order chi connectivity index (χ1) is 16.3. The number of aromatic nitrogens is 3. The number of hydrogen-bond donors (Lipinski definition) is 0. The SMILES string of the molecule is Cc1cc2nc(C(C)(C)C)oc2cc1-c1n(-c2cccc3ccccc23)c2ccccc2[n+]1C. The monoisotopic (exact) mass is 446 g/mol. The molecule has 0 fully saturated rings. The van der Waals surface area contributed by atoms with Crippen molar-refractivity contribution in [1.82, 2.24) is 9.55 Å². The molecule has 4 heteroatoms. The summed E-state index contributed by atoms with van der Waals surface area (Å²) in [6.07, 6.45) is 0. The summed E-state index contributed by atoms with van der Waals surface area (Å²) in [7, 11) is 2.14. The zero-order valence-electron chi connectivity index (χ0n) is 20.3. The molecule has 2 aromatic heterocycles. The highest BCUT2D eigenvalue weighted by Crippen LogP contribution is 2.35. The summed E-state index contributed by atoms with van der Waals surface area (Å²) >= 11 is 0. The Morgan fingerprint density at radius 3 is 2.44 bits per heavy atom. The summed E-state index contributed by atoms with van der Waals surface area (Å²) in [4.78, 5) is 4.79. The van der Waals surface area contributed by atoms with Crippen molar-refractivity contribution in [3.63, 3.8) is 0 Å². The molecule has 0 N–H and O–H groups in total. The third-order valence-electron chi connectivity index (χ3n) is 6.64. The fourth-order valence-corrected chi connectivity index (χ4v) is 4.90. The highest BCUT2D eigenvalue weighted by molar-refractivity contribution is 5.94. The second-order valence-corrected chi connectivity index (χ2v) is 10.1. The first-order valence-electron chi connectivity index (χ1n) is 11.7. The molecule has 0 aliphatic heterocycles. The Bertz CT molecular complexity index is 1710. The number of hydrogen-bond acceptors (Lipinski definition) is 2. The molecule has 6 aromatic rings. The predicted octanol–water partition coefficient (Wildman–Crippen LogP) is 7.02. The van der Waals surface area contributed by atoms with Gasteiger partial charge in [-0.05, 0) is 48.2 Å². The van der Waals surface area contributed by atoms with E-state index < -0.39 is 0 Å². The van der Waals surface area contributed by atoms with Crippen molar-refractivity contribution >= 4 is 32.9 Å². The second-order valence-electron chi connectivity index (χ2n) is 10.1. The molecule has 0 amide bonds. The van der Waals surface area contributed by atoms with Crippen LogP contribution in [0.25, 0.3) is 50.0 Å². The summed E-state index contributed by atoms with van der Waals surface area (Å²) in [6, 6.07) is 28.0. The molecule has 0 aliphatic rings. The van der Waals surface area contributed by atoms with E-state index in [1.54, 1.807) is 0 Å². The van der Waals surface area contributed by atoms with Gasteiger partial charge in [-0.2, -0.15) is 4.57 Å². The molecular formula is C30H28N3O+. The molecule has 0 radical (unpaired) electrons. The fourth-order valence-electron chi connectivity index (χ4n) is 4.90. The molecule has 0 spiro atoms. The lowest BCUT2D eigenvalue weighted by atomic mass is 9.97. The number of oxazole rings is 1. The fraction of sp³-hybridized carbons (Fsp3) is 0.200. The Morgan fingerprint density at radius 1 is 0.882 bits per heavy atom. The number of fused-ring (bicyclic) bond motifs is 3. The molecule has 0 saturated carbocycles. The van der Waals surface area contributed by atoms with E-state index in [1.165, 1.54) is 27.4 Å². The number of benzene rings is 4. The van der Waals surface area contributed by atoms with Gasteiger partial charge < -0.3 is 4.42 Å². The van der Waals surface area contributed by atoms with Crippen molar-refractivity contribution in [2.45, 2.75) is 33.1 Å². The van der Waals surface area contributed by atoms with Gasteiger partial charge in [0.2, 0.25) is 5.89 Å². The summed E-state index contributed by atoms with van der Waals surface area (Å²) in [5.41, 5.74) is 7.40. The third kappa shape index (κ3) is 3.06. The Balaban J connectivity index is 1.72. The van der Waals surface area contributed by atoms with Crippen molar-refractivity contribution < 1.29 is 8.98 Å². The van der Waals surface area contributed by atoms with E-state index in [9.17, 15) is 0 Å². The van der Waals surface area contributed by atoms with Crippen LogP contribution in [0.3, 0.4) is 0 Å². The molecule has 0 aliphatic carbocycles. The van der Waals surface area contributed by atoms with Crippen LogP contribution < -0.4 is 4.57 Å². The lowest BCUT2D eigenvalue weighted by Crippen LogP contribution is -2.30. The Labute approximate surface area is 199 Å². The standard InChI is InChI=1S/C30H28N3O/c1-19-17-23-27(34-29(31-23)30(2,3)4)18-22(19)28-32(5)25-14-8-9-15-26(25)33(28)24-16-10-12-20-11-6-7-13-21(20)24/h6-18H,1-5H3/q+1. The zero-order chi connectivity index (χ0) is 23.6. The van der Waals surface area contributed by atoms with Gasteiger partial charge in [0.25, 0.3) is 5.82 Å². The maximum absolute atomic E-state index is 6.25. The minimum Gasteiger partial charge on any atom is -0.440 e. The van der Waals surface area contributed by atoms with Gasteiger partial charge in [0.15, 0.2) is 16.6 Å². The number of aryl methyl sites for hydroxylation is 2. The number of para-hydroxylation sites is 2. The van der Waals surface area contributed by atoms with E-state index in [0.717, 1.165) is 34.1 Å². The van der Waals surface area contributed by atoms with Crippen LogP contribution in [0.2, 0.25) is 0 Å². The van der Waals surface area contributed by atoms with Crippen LogP contribution in [0.15, 0.2) is 83.3 Å². The van der Waals surface area contributed by atoms with Gasteiger partial charge in [0.05, 0.1) is 12.6 Å². The summed E-state index contributed by atoms with van der Waals surface area (Å²) in [5.74, 6) is 1.88. The maximum Gasteiger partial charge on any atom is 0.295 e. The Hall–Kier alpha value is -3.92. The average molecular weight is 447 g/mol. The van der Waals surface area contributed by atoms with E-state index in [2.05, 4.69) is 123 Å². The van der Waals surface area contributed by atoms with Gasteiger partial charge in [-0.3, -0.25) is 0 Å². The molecule has 4 aromatic carbocycles. The van der Waals surface area contributed by atoms with Crippen LogP contribution in [-0.2, 0) is 12.5 Å². The topological polar surface area (TPSA) is 34.8 Å². The summed E-state index contributed by atoms with van der Waals surface area (Å²) in [5, 5.41) is 2.45. The van der Waals surface area contributed by atoms with Gasteiger partial charge >= 0.3 is 0 Å². The van der Waals surface area contributed by atoms with Crippen LogP contribution in [0.4, 0.5) is 0 Å². The highest BCUT2D eigenvalue weighted by Gasteiger charge is 2.29. The molecule has 34 heavy (non-hydrogen) atoms. The number of nitrogens with zero attached hydrogens (tertiary/aromatic N) is 3. The number of imidazole rings is 1. The molecular weight excluding hydrogens is 418 g/mol.